The molecule has 0 aromatic heterocycles. The van der Waals surface area contributed by atoms with Crippen LogP contribution in [0.4, 0.5) is 14.5 Å². The third-order valence-electron chi connectivity index (χ3n) is 2.80. The summed E-state index contributed by atoms with van der Waals surface area (Å²) < 4.78 is 26.2. The lowest BCUT2D eigenvalue weighted by atomic mass is 10.1. The van der Waals surface area contributed by atoms with E-state index in [1.54, 1.807) is 6.07 Å². The zero-order valence-electron chi connectivity index (χ0n) is 10.9. The van der Waals surface area contributed by atoms with Crippen LogP contribution in [0.5, 0.6) is 0 Å². The number of carbonyl (C=O) groups excluding carboxylic acids is 1. The summed E-state index contributed by atoms with van der Waals surface area (Å²) in [5.41, 5.74) is 0.287. The highest BCUT2D eigenvalue weighted by Crippen LogP contribution is 2.26. The van der Waals surface area contributed by atoms with E-state index in [1.165, 1.54) is 18.2 Å². The van der Waals surface area contributed by atoms with Crippen LogP contribution >= 0.6 is 15.9 Å². The summed E-state index contributed by atoms with van der Waals surface area (Å²) in [6.07, 6.45) is 2.50. The number of rotatable bonds is 4. The molecule has 0 aliphatic rings. The Morgan fingerprint density at radius 2 is 1.86 bits per heavy atom. The number of nitro benzene ring substituents is 1. The van der Waals surface area contributed by atoms with Gasteiger partial charge in [0.25, 0.3) is 5.69 Å². The molecule has 0 amide bonds. The fraction of sp³-hybridized carbons (Fsp3) is 0. The molecule has 0 spiro atoms. The van der Waals surface area contributed by atoms with Crippen molar-refractivity contribution in [2.75, 3.05) is 0 Å². The molecule has 0 radical (unpaired) electrons. The molecular formula is C15H8BrF2NO3. The number of halogens is 3. The Bertz CT molecular complexity index is 790. The monoisotopic (exact) mass is 367 g/mol. The van der Waals surface area contributed by atoms with Crippen LogP contribution in [-0.2, 0) is 0 Å². The Labute approximate surface area is 132 Å². The van der Waals surface area contributed by atoms with E-state index in [0.717, 1.165) is 24.3 Å². The molecule has 2 aromatic carbocycles. The maximum absolute atomic E-state index is 13.1. The molecule has 2 rings (SSSR count). The van der Waals surface area contributed by atoms with Crippen LogP contribution in [0, 0.1) is 21.7 Å². The fourth-order valence-electron chi connectivity index (χ4n) is 1.69. The average molecular weight is 368 g/mol. The SMILES string of the molecule is O=C(/C=C/c1ccc(Br)c([N+](=O)[O-])c1)c1ccc(F)c(F)c1. The minimum atomic E-state index is -1.11. The highest BCUT2D eigenvalue weighted by molar-refractivity contribution is 9.10. The predicted molar refractivity (Wildman–Crippen MR) is 80.5 cm³/mol. The summed E-state index contributed by atoms with van der Waals surface area (Å²) in [6.45, 7) is 0. The van der Waals surface area contributed by atoms with Crippen molar-refractivity contribution in [3.8, 4) is 0 Å². The first-order valence-corrected chi connectivity index (χ1v) is 6.79. The molecule has 0 saturated heterocycles. The van der Waals surface area contributed by atoms with Crippen molar-refractivity contribution in [1.82, 2.24) is 0 Å². The van der Waals surface area contributed by atoms with Crippen molar-refractivity contribution in [3.63, 3.8) is 0 Å². The molecule has 0 N–H and O–H groups in total. The summed E-state index contributed by atoms with van der Waals surface area (Å²) >= 11 is 3.05. The average Bonchev–Trinajstić information content (AvgIpc) is 2.48. The number of ketones is 1. The number of allylic oxidation sites excluding steroid dienone is 1. The molecule has 0 unspecified atom stereocenters. The van der Waals surface area contributed by atoms with Gasteiger partial charge >= 0.3 is 0 Å². The van der Waals surface area contributed by atoms with Crippen LogP contribution in [0.1, 0.15) is 15.9 Å². The van der Waals surface area contributed by atoms with Gasteiger partial charge in [-0.1, -0.05) is 12.1 Å². The lowest BCUT2D eigenvalue weighted by molar-refractivity contribution is -0.385. The molecule has 22 heavy (non-hydrogen) atoms. The molecule has 0 heterocycles. The first-order valence-electron chi connectivity index (χ1n) is 6.00. The summed E-state index contributed by atoms with van der Waals surface area (Å²) in [7, 11) is 0. The lowest BCUT2D eigenvalue weighted by Crippen LogP contribution is -1.96. The molecule has 0 bridgehead atoms. The Kier molecular flexibility index (Phi) is 4.77. The van der Waals surface area contributed by atoms with Crippen molar-refractivity contribution < 1.29 is 18.5 Å². The van der Waals surface area contributed by atoms with Crippen LogP contribution in [0.3, 0.4) is 0 Å². The summed E-state index contributed by atoms with van der Waals surface area (Å²) in [5.74, 6) is -2.69. The standard InChI is InChI=1S/C15H8BrF2NO3/c16-11-4-1-9(7-14(11)19(21)22)2-6-15(20)10-3-5-12(17)13(18)8-10/h1-8H/b6-2+. The van der Waals surface area contributed by atoms with Gasteiger partial charge in [-0.3, -0.25) is 14.9 Å². The zero-order valence-corrected chi connectivity index (χ0v) is 12.5. The number of benzene rings is 2. The van der Waals surface area contributed by atoms with Crippen molar-refractivity contribution in [2.45, 2.75) is 0 Å². The van der Waals surface area contributed by atoms with Crippen LogP contribution < -0.4 is 0 Å². The van der Waals surface area contributed by atoms with E-state index >= 15 is 0 Å². The number of hydrogen-bond acceptors (Lipinski definition) is 3. The molecule has 7 heteroatoms. The molecule has 0 atom stereocenters. The number of nitro groups is 1. The summed E-state index contributed by atoms with van der Waals surface area (Å²) in [6, 6.07) is 7.17. The Morgan fingerprint density at radius 1 is 1.14 bits per heavy atom. The second-order valence-corrected chi connectivity index (χ2v) is 5.15. The molecule has 0 aliphatic heterocycles. The van der Waals surface area contributed by atoms with E-state index in [4.69, 9.17) is 0 Å². The topological polar surface area (TPSA) is 60.2 Å². The van der Waals surface area contributed by atoms with Gasteiger partial charge in [-0.25, -0.2) is 8.78 Å². The third kappa shape index (κ3) is 3.62. The highest BCUT2D eigenvalue weighted by Gasteiger charge is 2.12. The van der Waals surface area contributed by atoms with Gasteiger partial charge in [-0.2, -0.15) is 0 Å². The molecule has 112 valence electrons. The minimum Gasteiger partial charge on any atom is -0.289 e. The van der Waals surface area contributed by atoms with Gasteiger partial charge in [0.2, 0.25) is 0 Å². The number of nitrogens with zero attached hydrogens (tertiary/aromatic N) is 1. The molecule has 0 fully saturated rings. The maximum atomic E-state index is 13.1. The van der Waals surface area contributed by atoms with Gasteiger partial charge in [-0.05, 0) is 51.8 Å². The molecule has 0 aliphatic carbocycles. The van der Waals surface area contributed by atoms with Crippen molar-refractivity contribution in [2.24, 2.45) is 0 Å². The molecule has 4 nitrogen and oxygen atoms in total. The van der Waals surface area contributed by atoms with Gasteiger partial charge in [0.1, 0.15) is 0 Å². The van der Waals surface area contributed by atoms with Gasteiger partial charge < -0.3 is 0 Å². The first kappa shape index (κ1) is 16.0. The van der Waals surface area contributed by atoms with Crippen molar-refractivity contribution in [3.05, 3.63) is 79.8 Å². The second kappa shape index (κ2) is 6.57. The van der Waals surface area contributed by atoms with Gasteiger partial charge in [0.15, 0.2) is 17.4 Å². The molecule has 2 aromatic rings. The van der Waals surface area contributed by atoms with Gasteiger partial charge in [0, 0.05) is 11.6 Å². The number of carbonyl (C=O) groups is 1. The maximum Gasteiger partial charge on any atom is 0.284 e. The van der Waals surface area contributed by atoms with Crippen LogP contribution in [-0.4, -0.2) is 10.7 Å². The van der Waals surface area contributed by atoms with Gasteiger partial charge in [-0.15, -0.1) is 0 Å². The predicted octanol–water partition coefficient (Wildman–Crippen LogP) is 4.53. The zero-order chi connectivity index (χ0) is 16.3. The van der Waals surface area contributed by atoms with Crippen LogP contribution in [0.15, 0.2) is 46.9 Å². The van der Waals surface area contributed by atoms with E-state index in [9.17, 15) is 23.7 Å². The van der Waals surface area contributed by atoms with Crippen molar-refractivity contribution >= 4 is 33.5 Å². The highest BCUT2D eigenvalue weighted by atomic mass is 79.9. The number of hydrogen-bond donors (Lipinski definition) is 0. The van der Waals surface area contributed by atoms with E-state index in [1.807, 2.05) is 0 Å². The third-order valence-corrected chi connectivity index (χ3v) is 3.47. The lowest BCUT2D eigenvalue weighted by Gasteiger charge is -1.99. The van der Waals surface area contributed by atoms with Crippen LogP contribution in [0.2, 0.25) is 0 Å². The van der Waals surface area contributed by atoms with E-state index in [2.05, 4.69) is 15.9 Å². The quantitative estimate of drug-likeness (QED) is 0.345. The summed E-state index contributed by atoms with van der Waals surface area (Å²) in [4.78, 5) is 22.1. The Morgan fingerprint density at radius 3 is 2.50 bits per heavy atom. The smallest absolute Gasteiger partial charge is 0.284 e. The largest absolute Gasteiger partial charge is 0.289 e. The van der Waals surface area contributed by atoms with Crippen LogP contribution in [0.25, 0.3) is 6.08 Å². The van der Waals surface area contributed by atoms with Gasteiger partial charge in [0.05, 0.1) is 9.40 Å². The molecular weight excluding hydrogens is 360 g/mol. The normalized spacial score (nSPS) is 10.9. The Balaban J connectivity index is 2.24. The van der Waals surface area contributed by atoms with Crippen molar-refractivity contribution in [1.29, 1.82) is 0 Å². The van der Waals surface area contributed by atoms with E-state index in [0.29, 0.717) is 10.0 Å². The second-order valence-electron chi connectivity index (χ2n) is 4.29. The Hall–Kier alpha value is -2.41. The first-order chi connectivity index (χ1) is 10.4. The van der Waals surface area contributed by atoms with E-state index < -0.39 is 22.3 Å². The summed E-state index contributed by atoms with van der Waals surface area (Å²) in [5, 5.41) is 10.8. The van der Waals surface area contributed by atoms with E-state index in [-0.39, 0.29) is 11.3 Å². The fourth-order valence-corrected chi connectivity index (χ4v) is 2.08. The molecule has 0 saturated carbocycles. The minimum absolute atomic E-state index is 0.0123.